The number of likely N-dealkylation sites (tertiary alicyclic amines) is 1. The molecule has 0 unspecified atom stereocenters. The summed E-state index contributed by atoms with van der Waals surface area (Å²) in [6, 6.07) is 9.43. The van der Waals surface area contributed by atoms with E-state index in [1.54, 1.807) is 0 Å². The Morgan fingerprint density at radius 3 is 2.54 bits per heavy atom. The lowest BCUT2D eigenvalue weighted by Crippen LogP contribution is -2.51. The van der Waals surface area contributed by atoms with Gasteiger partial charge < -0.3 is 4.90 Å². The van der Waals surface area contributed by atoms with Gasteiger partial charge in [-0.15, -0.1) is 0 Å². The van der Waals surface area contributed by atoms with Gasteiger partial charge in [-0.05, 0) is 37.7 Å². The molecular formula is C19H28N2O5S2. The van der Waals surface area contributed by atoms with Crippen molar-refractivity contribution in [2.24, 2.45) is 0 Å². The standard InChI is InChI=1S/C19H28N2O5S2/c22-19(16-27(23,24)13-5-9-17-7-2-1-3-8-17)20-11-4-10-18(15-20)21-12-6-14-28(21,25)26/h1-3,7-8,18H,4-6,9-16H2/t18-/m0/s1. The van der Waals surface area contributed by atoms with Crippen LogP contribution in [0.2, 0.25) is 0 Å². The van der Waals surface area contributed by atoms with E-state index < -0.39 is 31.5 Å². The fourth-order valence-corrected chi connectivity index (χ4v) is 7.03. The largest absolute Gasteiger partial charge is 0.340 e. The van der Waals surface area contributed by atoms with E-state index in [4.69, 9.17) is 0 Å². The zero-order valence-corrected chi connectivity index (χ0v) is 17.6. The van der Waals surface area contributed by atoms with Gasteiger partial charge in [-0.25, -0.2) is 16.8 Å². The molecule has 0 N–H and O–H groups in total. The molecule has 2 saturated heterocycles. The molecule has 1 amide bonds. The highest BCUT2D eigenvalue weighted by Crippen LogP contribution is 2.24. The lowest BCUT2D eigenvalue weighted by molar-refractivity contribution is -0.130. The summed E-state index contributed by atoms with van der Waals surface area (Å²) in [5, 5.41) is 0. The first kappa shape index (κ1) is 21.3. The van der Waals surface area contributed by atoms with E-state index in [0.717, 1.165) is 5.56 Å². The van der Waals surface area contributed by atoms with E-state index in [9.17, 15) is 21.6 Å². The van der Waals surface area contributed by atoms with Gasteiger partial charge in [0.05, 0.1) is 11.5 Å². The monoisotopic (exact) mass is 428 g/mol. The molecule has 1 atom stereocenters. The second kappa shape index (κ2) is 8.92. The van der Waals surface area contributed by atoms with Gasteiger partial charge in [0.15, 0.2) is 9.84 Å². The van der Waals surface area contributed by atoms with Crippen molar-refractivity contribution in [1.29, 1.82) is 0 Å². The van der Waals surface area contributed by atoms with Crippen LogP contribution in [0.1, 0.15) is 31.2 Å². The third-order valence-electron chi connectivity index (χ3n) is 5.40. The molecule has 0 spiro atoms. The molecule has 0 saturated carbocycles. The second-order valence-corrected chi connectivity index (χ2v) is 11.8. The van der Waals surface area contributed by atoms with Crippen molar-refractivity contribution < 1.29 is 21.6 Å². The van der Waals surface area contributed by atoms with Crippen LogP contribution in [0.3, 0.4) is 0 Å². The van der Waals surface area contributed by atoms with Gasteiger partial charge in [0, 0.05) is 25.7 Å². The Bertz CT molecular complexity index is 884. The van der Waals surface area contributed by atoms with Crippen LogP contribution in [0.15, 0.2) is 30.3 Å². The van der Waals surface area contributed by atoms with E-state index in [1.165, 1.54) is 9.21 Å². The predicted molar refractivity (Wildman–Crippen MR) is 108 cm³/mol. The highest BCUT2D eigenvalue weighted by Gasteiger charge is 2.37. The fraction of sp³-hybridized carbons (Fsp3) is 0.632. The SMILES string of the molecule is O=C(CS(=O)(=O)CCCc1ccccc1)N1CCC[C@H](N2CCCS2(=O)=O)C1. The number of piperidine rings is 1. The summed E-state index contributed by atoms with van der Waals surface area (Å²) in [5.41, 5.74) is 1.08. The van der Waals surface area contributed by atoms with Gasteiger partial charge in [-0.2, -0.15) is 4.31 Å². The quantitative estimate of drug-likeness (QED) is 0.648. The van der Waals surface area contributed by atoms with Crippen molar-refractivity contribution in [3.05, 3.63) is 35.9 Å². The molecule has 1 aromatic rings. The van der Waals surface area contributed by atoms with Gasteiger partial charge in [0.1, 0.15) is 5.75 Å². The van der Waals surface area contributed by atoms with E-state index >= 15 is 0 Å². The van der Waals surface area contributed by atoms with Crippen molar-refractivity contribution in [2.75, 3.05) is 36.9 Å². The van der Waals surface area contributed by atoms with Gasteiger partial charge in [-0.1, -0.05) is 30.3 Å². The molecule has 0 aliphatic carbocycles. The van der Waals surface area contributed by atoms with Crippen molar-refractivity contribution in [3.8, 4) is 0 Å². The minimum Gasteiger partial charge on any atom is -0.340 e. The zero-order chi connectivity index (χ0) is 20.2. The van der Waals surface area contributed by atoms with Crippen LogP contribution >= 0.6 is 0 Å². The fourth-order valence-electron chi connectivity index (χ4n) is 3.98. The second-order valence-electron chi connectivity index (χ2n) is 7.60. The molecule has 2 aliphatic heterocycles. The van der Waals surface area contributed by atoms with Gasteiger partial charge in [0.2, 0.25) is 15.9 Å². The van der Waals surface area contributed by atoms with E-state index in [1.807, 2.05) is 30.3 Å². The van der Waals surface area contributed by atoms with Crippen molar-refractivity contribution in [2.45, 2.75) is 38.1 Å². The van der Waals surface area contributed by atoms with E-state index in [-0.39, 0.29) is 24.1 Å². The Balaban J connectivity index is 1.51. The average Bonchev–Trinajstić information content (AvgIpc) is 3.01. The first-order valence-electron chi connectivity index (χ1n) is 9.78. The minimum atomic E-state index is -3.48. The summed E-state index contributed by atoms with van der Waals surface area (Å²) in [5.74, 6) is -0.777. The zero-order valence-electron chi connectivity index (χ0n) is 16.0. The third kappa shape index (κ3) is 5.55. The van der Waals surface area contributed by atoms with Crippen LogP contribution in [0.5, 0.6) is 0 Å². The molecular weight excluding hydrogens is 400 g/mol. The van der Waals surface area contributed by atoms with Crippen LogP contribution in [0.25, 0.3) is 0 Å². The minimum absolute atomic E-state index is 0.0224. The Hall–Kier alpha value is -1.45. The molecule has 2 fully saturated rings. The number of aryl methyl sites for hydroxylation is 1. The predicted octanol–water partition coefficient (Wildman–Crippen LogP) is 1.06. The summed E-state index contributed by atoms with van der Waals surface area (Å²) in [7, 11) is -6.71. The van der Waals surface area contributed by atoms with Gasteiger partial charge >= 0.3 is 0 Å². The third-order valence-corrected chi connectivity index (χ3v) is 9.00. The number of hydrogen-bond acceptors (Lipinski definition) is 5. The van der Waals surface area contributed by atoms with Crippen molar-refractivity contribution in [1.82, 2.24) is 9.21 Å². The Kier molecular flexibility index (Phi) is 6.77. The number of nitrogens with zero attached hydrogens (tertiary/aromatic N) is 2. The number of rotatable bonds is 7. The first-order chi connectivity index (χ1) is 13.3. The lowest BCUT2D eigenvalue weighted by Gasteiger charge is -2.36. The van der Waals surface area contributed by atoms with Crippen LogP contribution in [0.4, 0.5) is 0 Å². The summed E-state index contributed by atoms with van der Waals surface area (Å²) in [6.07, 6.45) is 3.16. The number of benzene rings is 1. The number of hydrogen-bond donors (Lipinski definition) is 0. The molecule has 7 nitrogen and oxygen atoms in total. The molecule has 1 aromatic carbocycles. The van der Waals surface area contributed by atoms with Crippen LogP contribution in [-0.2, 0) is 31.1 Å². The Labute approximate surface area is 167 Å². The van der Waals surface area contributed by atoms with Crippen LogP contribution in [-0.4, -0.2) is 74.9 Å². The lowest BCUT2D eigenvalue weighted by atomic mass is 10.1. The van der Waals surface area contributed by atoms with Gasteiger partial charge in [0.25, 0.3) is 0 Å². The number of sulfone groups is 1. The van der Waals surface area contributed by atoms with E-state index in [2.05, 4.69) is 0 Å². The average molecular weight is 429 g/mol. The van der Waals surface area contributed by atoms with Crippen LogP contribution in [0, 0.1) is 0 Å². The topological polar surface area (TPSA) is 91.8 Å². The molecule has 0 aromatic heterocycles. The van der Waals surface area contributed by atoms with Crippen molar-refractivity contribution >= 4 is 25.8 Å². The summed E-state index contributed by atoms with van der Waals surface area (Å²) in [4.78, 5) is 14.1. The number of carbonyl (C=O) groups excluding carboxylic acids is 1. The summed E-state index contributed by atoms with van der Waals surface area (Å²) < 4.78 is 50.5. The highest BCUT2D eigenvalue weighted by atomic mass is 32.2. The van der Waals surface area contributed by atoms with E-state index in [0.29, 0.717) is 45.2 Å². The maximum Gasteiger partial charge on any atom is 0.237 e. The maximum atomic E-state index is 12.5. The number of sulfonamides is 1. The summed E-state index contributed by atoms with van der Waals surface area (Å²) in [6.45, 7) is 1.27. The molecule has 28 heavy (non-hydrogen) atoms. The van der Waals surface area contributed by atoms with Crippen molar-refractivity contribution in [3.63, 3.8) is 0 Å². The normalized spacial score (nSPS) is 23.0. The van der Waals surface area contributed by atoms with Crippen LogP contribution < -0.4 is 0 Å². The highest BCUT2D eigenvalue weighted by molar-refractivity contribution is 7.92. The number of carbonyl (C=O) groups is 1. The maximum absolute atomic E-state index is 12.5. The Morgan fingerprint density at radius 2 is 1.86 bits per heavy atom. The smallest absolute Gasteiger partial charge is 0.237 e. The molecule has 0 radical (unpaired) electrons. The summed E-state index contributed by atoms with van der Waals surface area (Å²) >= 11 is 0. The molecule has 0 bridgehead atoms. The Morgan fingerprint density at radius 1 is 1.11 bits per heavy atom. The number of amides is 1. The first-order valence-corrected chi connectivity index (χ1v) is 13.2. The molecule has 156 valence electrons. The molecule has 9 heteroatoms. The molecule has 3 rings (SSSR count). The molecule has 2 aliphatic rings. The van der Waals surface area contributed by atoms with Gasteiger partial charge in [-0.3, -0.25) is 4.79 Å². The molecule has 2 heterocycles.